The van der Waals surface area contributed by atoms with E-state index in [2.05, 4.69) is 29.3 Å². The van der Waals surface area contributed by atoms with E-state index in [1.165, 1.54) is 37.8 Å². The Bertz CT molecular complexity index is 680. The molecule has 0 aromatic heterocycles. The van der Waals surface area contributed by atoms with E-state index in [4.69, 9.17) is 21.3 Å². The van der Waals surface area contributed by atoms with Crippen LogP contribution >= 0.6 is 11.6 Å². The maximum atomic E-state index is 6.60. The predicted octanol–water partition coefficient (Wildman–Crippen LogP) is 4.23. The lowest BCUT2D eigenvalue weighted by molar-refractivity contribution is 0.0530. The topological polar surface area (TPSA) is 36.9 Å². The van der Waals surface area contributed by atoms with Crippen molar-refractivity contribution in [2.24, 2.45) is 10.4 Å². The van der Waals surface area contributed by atoms with Crippen molar-refractivity contribution in [3.05, 3.63) is 34.9 Å². The van der Waals surface area contributed by atoms with Crippen LogP contribution in [0.2, 0.25) is 5.02 Å². The molecule has 0 atom stereocenters. The zero-order valence-electron chi connectivity index (χ0n) is 16.5. The Morgan fingerprint density at radius 2 is 1.96 bits per heavy atom. The van der Waals surface area contributed by atoms with Gasteiger partial charge in [-0.15, -0.1) is 0 Å². The van der Waals surface area contributed by atoms with Crippen LogP contribution in [0, 0.1) is 5.41 Å². The van der Waals surface area contributed by atoms with Gasteiger partial charge in [-0.1, -0.05) is 36.2 Å². The number of guanidine groups is 1. The van der Waals surface area contributed by atoms with Crippen LogP contribution in [0.3, 0.4) is 0 Å². The first-order valence-electron chi connectivity index (χ1n) is 10.5. The maximum Gasteiger partial charge on any atom is 0.193 e. The van der Waals surface area contributed by atoms with Crippen LogP contribution in [0.1, 0.15) is 51.0 Å². The molecule has 0 unspecified atom stereocenters. The minimum absolute atomic E-state index is 0.0227. The largest absolute Gasteiger partial charge is 0.381 e. The van der Waals surface area contributed by atoms with E-state index >= 15 is 0 Å². The average molecular weight is 390 g/mol. The molecule has 3 aliphatic rings. The molecule has 1 aromatic carbocycles. The predicted molar refractivity (Wildman–Crippen MR) is 112 cm³/mol. The Labute approximate surface area is 168 Å². The van der Waals surface area contributed by atoms with Crippen LogP contribution < -0.4 is 5.32 Å². The molecule has 1 aromatic rings. The van der Waals surface area contributed by atoms with E-state index in [0.29, 0.717) is 5.41 Å². The Kier molecular flexibility index (Phi) is 5.65. The lowest BCUT2D eigenvalue weighted by atomic mass is 9.68. The molecule has 2 heterocycles. The first kappa shape index (κ1) is 19.1. The van der Waals surface area contributed by atoms with Gasteiger partial charge in [-0.25, -0.2) is 0 Å². The van der Waals surface area contributed by atoms with Crippen molar-refractivity contribution in [3.63, 3.8) is 0 Å². The Morgan fingerprint density at radius 1 is 1.19 bits per heavy atom. The summed E-state index contributed by atoms with van der Waals surface area (Å²) in [6.45, 7) is 7.70. The monoisotopic (exact) mass is 389 g/mol. The van der Waals surface area contributed by atoms with Crippen LogP contribution in [0.15, 0.2) is 29.3 Å². The molecule has 148 valence electrons. The van der Waals surface area contributed by atoms with Gasteiger partial charge in [-0.05, 0) is 56.1 Å². The molecule has 3 fully saturated rings. The highest BCUT2D eigenvalue weighted by Gasteiger charge is 2.44. The van der Waals surface area contributed by atoms with Crippen molar-refractivity contribution in [1.82, 2.24) is 10.2 Å². The SMILES string of the molecule is CCNC(=NCC1(c2ccccc2Cl)CCOCC1)N1CCC2(CCC2)C1. The first-order valence-corrected chi connectivity index (χ1v) is 10.9. The number of hydrogen-bond donors (Lipinski definition) is 1. The van der Waals surface area contributed by atoms with Crippen LogP contribution in [-0.4, -0.2) is 50.3 Å². The lowest BCUT2D eigenvalue weighted by Gasteiger charge is -2.39. The van der Waals surface area contributed by atoms with Crippen molar-refractivity contribution < 1.29 is 4.74 Å². The van der Waals surface area contributed by atoms with Gasteiger partial charge in [0.05, 0.1) is 6.54 Å². The Hall–Kier alpha value is -1.26. The molecule has 0 radical (unpaired) electrons. The summed E-state index contributed by atoms with van der Waals surface area (Å²) in [5, 5.41) is 4.40. The molecule has 4 rings (SSSR count). The number of rotatable bonds is 4. The van der Waals surface area contributed by atoms with Crippen molar-refractivity contribution in [2.45, 2.75) is 50.9 Å². The van der Waals surface area contributed by atoms with Crippen LogP contribution in [0.5, 0.6) is 0 Å². The van der Waals surface area contributed by atoms with Crippen molar-refractivity contribution in [1.29, 1.82) is 0 Å². The Morgan fingerprint density at radius 3 is 2.59 bits per heavy atom. The third-order valence-corrected chi connectivity index (χ3v) is 7.24. The summed E-state index contributed by atoms with van der Waals surface area (Å²) in [5.74, 6) is 1.08. The fourth-order valence-electron chi connectivity index (χ4n) is 5.02. The van der Waals surface area contributed by atoms with Crippen molar-refractivity contribution in [2.75, 3.05) is 39.4 Å². The summed E-state index contributed by atoms with van der Waals surface area (Å²) in [7, 11) is 0. The summed E-state index contributed by atoms with van der Waals surface area (Å²) in [6, 6.07) is 8.28. The molecule has 1 spiro atoms. The molecule has 0 amide bonds. The number of ether oxygens (including phenoxy) is 1. The summed E-state index contributed by atoms with van der Waals surface area (Å²) in [4.78, 5) is 7.64. The number of aliphatic imine (C=N–C) groups is 1. The van der Waals surface area contributed by atoms with Gasteiger partial charge in [0.1, 0.15) is 0 Å². The third-order valence-electron chi connectivity index (χ3n) is 6.91. The number of nitrogens with zero attached hydrogens (tertiary/aromatic N) is 2. The highest BCUT2D eigenvalue weighted by atomic mass is 35.5. The van der Waals surface area contributed by atoms with E-state index in [0.717, 1.165) is 56.7 Å². The zero-order valence-corrected chi connectivity index (χ0v) is 17.2. The van der Waals surface area contributed by atoms with Gasteiger partial charge in [0.15, 0.2) is 5.96 Å². The third kappa shape index (κ3) is 3.84. The molecule has 1 saturated carbocycles. The lowest BCUT2D eigenvalue weighted by Crippen LogP contribution is -2.44. The van der Waals surface area contributed by atoms with Gasteiger partial charge in [-0.3, -0.25) is 4.99 Å². The van der Waals surface area contributed by atoms with E-state index in [1.807, 2.05) is 12.1 Å². The standard InChI is InChI=1S/C22H32ClN3O/c1-2-24-20(26-13-10-21(17-26)8-5-9-21)25-16-22(11-14-27-15-12-22)18-6-3-4-7-19(18)23/h3-4,6-7H,2,5,8-17H2,1H3,(H,24,25). The summed E-state index contributed by atoms with van der Waals surface area (Å²) >= 11 is 6.60. The smallest absolute Gasteiger partial charge is 0.193 e. The molecule has 0 bridgehead atoms. The van der Waals surface area contributed by atoms with Gasteiger partial charge in [0.2, 0.25) is 0 Å². The average Bonchev–Trinajstić information content (AvgIpc) is 3.12. The highest BCUT2D eigenvalue weighted by Crippen LogP contribution is 2.48. The van der Waals surface area contributed by atoms with E-state index in [1.54, 1.807) is 0 Å². The molecule has 1 aliphatic carbocycles. The molecule has 27 heavy (non-hydrogen) atoms. The minimum atomic E-state index is -0.0227. The molecule has 5 heteroatoms. The van der Waals surface area contributed by atoms with E-state index in [-0.39, 0.29) is 5.41 Å². The molecule has 4 nitrogen and oxygen atoms in total. The van der Waals surface area contributed by atoms with Gasteiger partial charge in [0.25, 0.3) is 0 Å². The van der Waals surface area contributed by atoms with Crippen molar-refractivity contribution >= 4 is 17.6 Å². The normalized spacial score (nSPS) is 24.1. The maximum absolute atomic E-state index is 6.60. The van der Waals surface area contributed by atoms with Crippen LogP contribution in [0.4, 0.5) is 0 Å². The molecule has 2 saturated heterocycles. The van der Waals surface area contributed by atoms with Crippen LogP contribution in [0.25, 0.3) is 0 Å². The second kappa shape index (κ2) is 8.00. The van der Waals surface area contributed by atoms with Gasteiger partial charge in [0, 0.05) is 43.3 Å². The molecule has 2 aliphatic heterocycles. The fourth-order valence-corrected chi connectivity index (χ4v) is 5.36. The molecular formula is C22H32ClN3O. The van der Waals surface area contributed by atoms with E-state index in [9.17, 15) is 0 Å². The van der Waals surface area contributed by atoms with Crippen LogP contribution in [-0.2, 0) is 10.2 Å². The summed E-state index contributed by atoms with van der Waals surface area (Å²) in [5.41, 5.74) is 1.78. The number of hydrogen-bond acceptors (Lipinski definition) is 2. The second-order valence-corrected chi connectivity index (χ2v) is 8.98. The second-order valence-electron chi connectivity index (χ2n) is 8.57. The quantitative estimate of drug-likeness (QED) is 0.618. The number of nitrogens with one attached hydrogen (secondary N) is 1. The summed E-state index contributed by atoms with van der Waals surface area (Å²) in [6.07, 6.45) is 7.46. The zero-order chi connectivity index (χ0) is 18.7. The first-order chi connectivity index (χ1) is 13.2. The number of benzene rings is 1. The highest BCUT2D eigenvalue weighted by molar-refractivity contribution is 6.31. The van der Waals surface area contributed by atoms with Gasteiger partial charge in [-0.2, -0.15) is 0 Å². The minimum Gasteiger partial charge on any atom is -0.381 e. The Balaban J connectivity index is 1.56. The summed E-state index contributed by atoms with van der Waals surface area (Å²) < 4.78 is 5.67. The molecule has 1 N–H and O–H groups in total. The van der Waals surface area contributed by atoms with E-state index < -0.39 is 0 Å². The number of likely N-dealkylation sites (tertiary alicyclic amines) is 1. The molecular weight excluding hydrogens is 358 g/mol. The fraction of sp³-hybridized carbons (Fsp3) is 0.682. The van der Waals surface area contributed by atoms with Gasteiger partial charge >= 0.3 is 0 Å². The number of halogens is 1. The van der Waals surface area contributed by atoms with Gasteiger partial charge < -0.3 is 15.0 Å². The van der Waals surface area contributed by atoms with Crippen molar-refractivity contribution in [3.8, 4) is 0 Å².